The van der Waals surface area contributed by atoms with Crippen LogP contribution >= 0.6 is 11.3 Å². The maximum Gasteiger partial charge on any atom is 0.357 e. The highest BCUT2D eigenvalue weighted by atomic mass is 32.1. The molecule has 3 aromatic rings. The zero-order valence-corrected chi connectivity index (χ0v) is 19.5. The molecule has 3 heterocycles. The smallest absolute Gasteiger partial charge is 0.357 e. The van der Waals surface area contributed by atoms with Gasteiger partial charge < -0.3 is 9.64 Å². The van der Waals surface area contributed by atoms with E-state index in [4.69, 9.17) is 4.74 Å². The van der Waals surface area contributed by atoms with Gasteiger partial charge in [-0.2, -0.15) is 4.68 Å². The SMILES string of the molecule is CCOC(=O)c1csc(-n2cc(C3CCCN(C(=O)Cc4cccc(C5CC5)c4)C3)nn2)n1. The van der Waals surface area contributed by atoms with Crippen molar-refractivity contribution in [1.82, 2.24) is 24.9 Å². The molecule has 1 saturated carbocycles. The second kappa shape index (κ2) is 9.43. The molecule has 0 radical (unpaired) electrons. The number of rotatable bonds is 7. The first-order chi connectivity index (χ1) is 16.1. The topological polar surface area (TPSA) is 90.2 Å². The second-order valence-electron chi connectivity index (χ2n) is 8.70. The molecule has 1 atom stereocenters. The molecular weight excluding hydrogens is 438 g/mol. The lowest BCUT2D eigenvalue weighted by atomic mass is 9.94. The Morgan fingerprint density at radius 3 is 2.91 bits per heavy atom. The molecule has 5 rings (SSSR count). The van der Waals surface area contributed by atoms with Crippen molar-refractivity contribution in [1.29, 1.82) is 0 Å². The van der Waals surface area contributed by atoms with Crippen molar-refractivity contribution in [2.45, 2.75) is 50.9 Å². The molecule has 8 nitrogen and oxygen atoms in total. The van der Waals surface area contributed by atoms with Crippen LogP contribution in [-0.2, 0) is 16.0 Å². The van der Waals surface area contributed by atoms with Crippen LogP contribution in [0.5, 0.6) is 0 Å². The summed E-state index contributed by atoms with van der Waals surface area (Å²) in [4.78, 5) is 31.2. The van der Waals surface area contributed by atoms with Crippen LogP contribution in [0.15, 0.2) is 35.8 Å². The quantitative estimate of drug-likeness (QED) is 0.494. The van der Waals surface area contributed by atoms with Gasteiger partial charge in [-0.25, -0.2) is 9.78 Å². The second-order valence-corrected chi connectivity index (χ2v) is 9.54. The van der Waals surface area contributed by atoms with E-state index in [-0.39, 0.29) is 17.5 Å². The van der Waals surface area contributed by atoms with E-state index in [2.05, 4.69) is 39.6 Å². The fourth-order valence-corrected chi connectivity index (χ4v) is 5.04. The summed E-state index contributed by atoms with van der Waals surface area (Å²) in [6.45, 7) is 3.49. The number of carbonyl (C=O) groups is 2. The Morgan fingerprint density at radius 1 is 1.21 bits per heavy atom. The van der Waals surface area contributed by atoms with Crippen LogP contribution in [0.1, 0.15) is 71.8 Å². The molecule has 2 aliphatic rings. The van der Waals surface area contributed by atoms with Crippen LogP contribution in [0.2, 0.25) is 0 Å². The highest BCUT2D eigenvalue weighted by Crippen LogP contribution is 2.40. The molecule has 2 aromatic heterocycles. The van der Waals surface area contributed by atoms with Gasteiger partial charge in [-0.05, 0) is 49.7 Å². The van der Waals surface area contributed by atoms with Gasteiger partial charge >= 0.3 is 5.97 Å². The van der Waals surface area contributed by atoms with Crippen molar-refractivity contribution in [2.75, 3.05) is 19.7 Å². The number of hydrogen-bond acceptors (Lipinski definition) is 7. The van der Waals surface area contributed by atoms with Gasteiger partial charge in [0.25, 0.3) is 0 Å². The Balaban J connectivity index is 1.23. The molecule has 0 N–H and O–H groups in total. The van der Waals surface area contributed by atoms with E-state index >= 15 is 0 Å². The standard InChI is InChI=1S/C24H27N5O3S/c1-2-32-23(31)21-15-33-24(25-21)29-14-20(26-27-29)19-7-4-10-28(13-19)22(30)12-16-5-3-6-18(11-16)17-8-9-17/h3,5-6,11,14-15,17,19H,2,4,7-10,12-13H2,1H3. The number of esters is 1. The number of ether oxygens (including phenoxy) is 1. The number of thiazole rings is 1. The molecule has 1 unspecified atom stereocenters. The number of carbonyl (C=O) groups excluding carboxylic acids is 2. The van der Waals surface area contributed by atoms with E-state index in [0.717, 1.165) is 30.6 Å². The lowest BCUT2D eigenvalue weighted by Crippen LogP contribution is -2.40. The number of nitrogens with zero attached hydrogens (tertiary/aromatic N) is 5. The third-order valence-corrected chi connectivity index (χ3v) is 7.06. The van der Waals surface area contributed by atoms with E-state index < -0.39 is 5.97 Å². The van der Waals surface area contributed by atoms with E-state index in [9.17, 15) is 9.59 Å². The van der Waals surface area contributed by atoms with Crippen molar-refractivity contribution < 1.29 is 14.3 Å². The molecule has 0 bridgehead atoms. The average molecular weight is 466 g/mol. The van der Waals surface area contributed by atoms with Crippen molar-refractivity contribution in [3.05, 3.63) is 58.4 Å². The molecule has 2 fully saturated rings. The van der Waals surface area contributed by atoms with Gasteiger partial charge in [-0.1, -0.05) is 29.5 Å². The van der Waals surface area contributed by atoms with Crippen LogP contribution in [0.4, 0.5) is 0 Å². The van der Waals surface area contributed by atoms with Crippen molar-refractivity contribution in [3.8, 4) is 5.13 Å². The minimum atomic E-state index is -0.440. The summed E-state index contributed by atoms with van der Waals surface area (Å²) in [5.74, 6) is 0.551. The van der Waals surface area contributed by atoms with E-state index in [0.29, 0.717) is 30.6 Å². The lowest BCUT2D eigenvalue weighted by Gasteiger charge is -2.32. The summed E-state index contributed by atoms with van der Waals surface area (Å²) < 4.78 is 6.59. The third-order valence-electron chi connectivity index (χ3n) is 6.23. The van der Waals surface area contributed by atoms with Gasteiger partial charge in [0.1, 0.15) is 0 Å². The fraction of sp³-hybridized carbons (Fsp3) is 0.458. The number of hydrogen-bond donors (Lipinski definition) is 0. The summed E-state index contributed by atoms with van der Waals surface area (Å²) in [5.41, 5.74) is 3.57. The largest absolute Gasteiger partial charge is 0.461 e. The van der Waals surface area contributed by atoms with Crippen LogP contribution < -0.4 is 0 Å². The minimum Gasteiger partial charge on any atom is -0.461 e. The van der Waals surface area contributed by atoms with E-state index in [1.54, 1.807) is 17.0 Å². The molecule has 1 amide bonds. The molecule has 1 aliphatic carbocycles. The Labute approximate surface area is 196 Å². The summed E-state index contributed by atoms with van der Waals surface area (Å²) in [7, 11) is 0. The minimum absolute atomic E-state index is 0.138. The van der Waals surface area contributed by atoms with Gasteiger partial charge in [0, 0.05) is 24.4 Å². The molecule has 0 spiro atoms. The predicted octanol–water partition coefficient (Wildman–Crippen LogP) is 3.73. The van der Waals surface area contributed by atoms with Gasteiger partial charge in [-0.3, -0.25) is 4.79 Å². The van der Waals surface area contributed by atoms with Crippen molar-refractivity contribution in [2.24, 2.45) is 0 Å². The molecule has 33 heavy (non-hydrogen) atoms. The summed E-state index contributed by atoms with van der Waals surface area (Å²) in [5, 5.41) is 10.8. The van der Waals surface area contributed by atoms with Gasteiger partial charge in [-0.15, -0.1) is 16.4 Å². The normalized spacial score (nSPS) is 18.3. The first-order valence-electron chi connectivity index (χ1n) is 11.5. The number of amides is 1. The Hall–Kier alpha value is -3.07. The Morgan fingerprint density at radius 2 is 2.09 bits per heavy atom. The number of likely N-dealkylation sites (tertiary alicyclic amines) is 1. The van der Waals surface area contributed by atoms with Crippen molar-refractivity contribution in [3.63, 3.8) is 0 Å². The first kappa shape index (κ1) is 21.8. The predicted molar refractivity (Wildman–Crippen MR) is 124 cm³/mol. The van der Waals surface area contributed by atoms with Crippen LogP contribution in [0.3, 0.4) is 0 Å². The fourth-order valence-electron chi connectivity index (χ4n) is 4.33. The molecule has 1 saturated heterocycles. The number of aromatic nitrogens is 4. The Bertz CT molecular complexity index is 1150. The molecule has 1 aliphatic heterocycles. The molecule has 1 aromatic carbocycles. The summed E-state index contributed by atoms with van der Waals surface area (Å²) >= 11 is 1.31. The zero-order chi connectivity index (χ0) is 22.8. The van der Waals surface area contributed by atoms with Crippen LogP contribution in [0.25, 0.3) is 5.13 Å². The Kier molecular flexibility index (Phi) is 6.22. The first-order valence-corrected chi connectivity index (χ1v) is 12.4. The van der Waals surface area contributed by atoms with Crippen molar-refractivity contribution >= 4 is 23.2 Å². The molecule has 172 valence electrons. The van der Waals surface area contributed by atoms with Crippen LogP contribution in [0, 0.1) is 0 Å². The van der Waals surface area contributed by atoms with Gasteiger partial charge in [0.15, 0.2) is 5.69 Å². The molecule has 9 heteroatoms. The molecular formula is C24H27N5O3S. The maximum absolute atomic E-state index is 13.0. The third kappa shape index (κ3) is 4.98. The lowest BCUT2D eigenvalue weighted by molar-refractivity contribution is -0.131. The number of benzene rings is 1. The highest BCUT2D eigenvalue weighted by molar-refractivity contribution is 7.12. The highest BCUT2D eigenvalue weighted by Gasteiger charge is 2.28. The summed E-state index contributed by atoms with van der Waals surface area (Å²) in [6.07, 6.45) is 6.72. The summed E-state index contributed by atoms with van der Waals surface area (Å²) in [6, 6.07) is 8.49. The monoisotopic (exact) mass is 465 g/mol. The van der Waals surface area contributed by atoms with E-state index in [1.165, 1.54) is 29.7 Å². The maximum atomic E-state index is 13.0. The van der Waals surface area contributed by atoms with Gasteiger partial charge in [0.2, 0.25) is 11.0 Å². The zero-order valence-electron chi connectivity index (χ0n) is 18.6. The number of piperidine rings is 1. The van der Waals surface area contributed by atoms with Crippen LogP contribution in [-0.4, -0.2) is 56.5 Å². The average Bonchev–Trinajstić information content (AvgIpc) is 3.36. The van der Waals surface area contributed by atoms with E-state index in [1.807, 2.05) is 11.1 Å². The van der Waals surface area contributed by atoms with Gasteiger partial charge in [0.05, 0.1) is 24.9 Å².